The molecule has 0 amide bonds. The molecule has 1 atom stereocenters. The monoisotopic (exact) mass is 302 g/mol. The van der Waals surface area contributed by atoms with E-state index in [1.165, 1.54) is 0 Å². The Labute approximate surface area is 130 Å². The standard InChI is InChI=1S/C16H19ClN4/c1-11(12-7-5-6-8-13(12)17)18-20-15-10-9-14(19-21-15)16(2,3)4/h5-11H,1-4H3. The van der Waals surface area contributed by atoms with Gasteiger partial charge in [0, 0.05) is 10.4 Å². The van der Waals surface area contributed by atoms with Crippen LogP contribution in [0.25, 0.3) is 0 Å². The van der Waals surface area contributed by atoms with Gasteiger partial charge < -0.3 is 0 Å². The SMILES string of the molecule is CC(N=Nc1ccc(C(C)(C)C)nn1)c1ccccc1Cl. The second-order valence-corrected chi connectivity index (χ2v) is 6.35. The maximum Gasteiger partial charge on any atom is 0.195 e. The van der Waals surface area contributed by atoms with E-state index in [2.05, 4.69) is 41.2 Å². The molecule has 1 heterocycles. The maximum absolute atomic E-state index is 6.14. The molecule has 1 aromatic carbocycles. The molecule has 5 heteroatoms. The molecule has 0 spiro atoms. The van der Waals surface area contributed by atoms with Gasteiger partial charge in [0.2, 0.25) is 0 Å². The molecule has 0 saturated heterocycles. The molecule has 21 heavy (non-hydrogen) atoms. The van der Waals surface area contributed by atoms with Gasteiger partial charge in [0.15, 0.2) is 5.82 Å². The lowest BCUT2D eigenvalue weighted by Crippen LogP contribution is -2.13. The Morgan fingerprint density at radius 1 is 1.05 bits per heavy atom. The number of nitrogens with zero attached hydrogens (tertiary/aromatic N) is 4. The van der Waals surface area contributed by atoms with E-state index in [1.807, 2.05) is 43.3 Å². The van der Waals surface area contributed by atoms with Crippen LogP contribution in [0.4, 0.5) is 5.82 Å². The molecule has 1 aromatic heterocycles. The van der Waals surface area contributed by atoms with Gasteiger partial charge in [-0.25, -0.2) is 0 Å². The second kappa shape index (κ2) is 6.31. The summed E-state index contributed by atoms with van der Waals surface area (Å²) in [5.74, 6) is 0.502. The molecule has 0 aliphatic rings. The van der Waals surface area contributed by atoms with Gasteiger partial charge in [-0.05, 0) is 30.7 Å². The van der Waals surface area contributed by atoms with E-state index in [1.54, 1.807) is 0 Å². The summed E-state index contributed by atoms with van der Waals surface area (Å²) in [4.78, 5) is 0. The van der Waals surface area contributed by atoms with Crippen LogP contribution in [-0.2, 0) is 5.41 Å². The smallest absolute Gasteiger partial charge is 0.179 e. The Hall–Kier alpha value is -1.81. The average Bonchev–Trinajstić information content (AvgIpc) is 2.45. The summed E-state index contributed by atoms with van der Waals surface area (Å²) in [6.45, 7) is 8.23. The van der Waals surface area contributed by atoms with Gasteiger partial charge in [-0.15, -0.1) is 10.2 Å². The topological polar surface area (TPSA) is 50.5 Å². The van der Waals surface area contributed by atoms with Gasteiger partial charge in [-0.3, -0.25) is 0 Å². The number of halogens is 1. The van der Waals surface area contributed by atoms with Crippen molar-refractivity contribution in [3.63, 3.8) is 0 Å². The van der Waals surface area contributed by atoms with Crippen molar-refractivity contribution in [2.24, 2.45) is 10.2 Å². The third kappa shape index (κ3) is 4.08. The normalized spacial score (nSPS) is 13.6. The van der Waals surface area contributed by atoms with Crippen LogP contribution in [0.3, 0.4) is 0 Å². The molecule has 0 N–H and O–H groups in total. The minimum absolute atomic E-state index is 0.0203. The fourth-order valence-electron chi connectivity index (χ4n) is 1.80. The third-order valence-corrected chi connectivity index (χ3v) is 3.45. The van der Waals surface area contributed by atoms with E-state index in [9.17, 15) is 0 Å². The van der Waals surface area contributed by atoms with Gasteiger partial charge in [-0.1, -0.05) is 50.6 Å². The summed E-state index contributed by atoms with van der Waals surface area (Å²) in [7, 11) is 0. The molecule has 4 nitrogen and oxygen atoms in total. The molecule has 2 aromatic rings. The average molecular weight is 303 g/mol. The molecule has 0 aliphatic carbocycles. The van der Waals surface area contributed by atoms with Crippen LogP contribution in [-0.4, -0.2) is 10.2 Å². The molecule has 0 fully saturated rings. The van der Waals surface area contributed by atoms with Gasteiger partial charge in [0.1, 0.15) is 0 Å². The Morgan fingerprint density at radius 3 is 2.33 bits per heavy atom. The summed E-state index contributed by atoms with van der Waals surface area (Å²) in [5, 5.41) is 17.4. The van der Waals surface area contributed by atoms with E-state index in [4.69, 9.17) is 11.6 Å². The Balaban J connectivity index is 2.13. The zero-order chi connectivity index (χ0) is 15.5. The van der Waals surface area contributed by atoms with E-state index in [0.29, 0.717) is 10.8 Å². The van der Waals surface area contributed by atoms with Crippen LogP contribution < -0.4 is 0 Å². The summed E-state index contributed by atoms with van der Waals surface area (Å²) in [6, 6.07) is 11.3. The summed E-state index contributed by atoms with van der Waals surface area (Å²) < 4.78 is 0. The fraction of sp³-hybridized carbons (Fsp3) is 0.375. The van der Waals surface area contributed by atoms with Gasteiger partial charge >= 0.3 is 0 Å². The van der Waals surface area contributed by atoms with Crippen molar-refractivity contribution < 1.29 is 0 Å². The largest absolute Gasteiger partial charge is 0.195 e. The predicted molar refractivity (Wildman–Crippen MR) is 85.1 cm³/mol. The first-order valence-corrected chi connectivity index (χ1v) is 7.25. The highest BCUT2D eigenvalue weighted by atomic mass is 35.5. The van der Waals surface area contributed by atoms with Crippen molar-refractivity contribution in [1.82, 2.24) is 10.2 Å². The van der Waals surface area contributed by atoms with Gasteiger partial charge in [0.25, 0.3) is 0 Å². The lowest BCUT2D eigenvalue weighted by atomic mass is 9.92. The van der Waals surface area contributed by atoms with Crippen LogP contribution in [0.15, 0.2) is 46.6 Å². The highest BCUT2D eigenvalue weighted by Gasteiger charge is 2.15. The molecule has 2 rings (SSSR count). The molecular weight excluding hydrogens is 284 g/mol. The van der Waals surface area contributed by atoms with Gasteiger partial charge in [-0.2, -0.15) is 10.2 Å². The van der Waals surface area contributed by atoms with Crippen molar-refractivity contribution in [1.29, 1.82) is 0 Å². The lowest BCUT2D eigenvalue weighted by molar-refractivity contribution is 0.558. The van der Waals surface area contributed by atoms with Crippen LogP contribution in [0.5, 0.6) is 0 Å². The molecule has 0 bridgehead atoms. The number of rotatable bonds is 3. The molecule has 0 aliphatic heterocycles. The number of hydrogen-bond donors (Lipinski definition) is 0. The highest BCUT2D eigenvalue weighted by Crippen LogP contribution is 2.26. The van der Waals surface area contributed by atoms with Crippen LogP contribution in [0, 0.1) is 0 Å². The van der Waals surface area contributed by atoms with E-state index in [-0.39, 0.29) is 11.5 Å². The summed E-state index contributed by atoms with van der Waals surface area (Å²) in [6.07, 6.45) is 0. The minimum atomic E-state index is -0.122. The predicted octanol–water partition coefficient (Wildman–Crippen LogP) is 5.27. The van der Waals surface area contributed by atoms with Crippen molar-refractivity contribution in [2.75, 3.05) is 0 Å². The first kappa shape index (κ1) is 15.6. The first-order valence-electron chi connectivity index (χ1n) is 6.87. The van der Waals surface area contributed by atoms with Crippen LogP contribution in [0.1, 0.15) is 45.0 Å². The lowest BCUT2D eigenvalue weighted by Gasteiger charge is -2.15. The fourth-order valence-corrected chi connectivity index (χ4v) is 2.09. The Kier molecular flexibility index (Phi) is 4.68. The maximum atomic E-state index is 6.14. The van der Waals surface area contributed by atoms with Crippen molar-refractivity contribution in [3.05, 3.63) is 52.7 Å². The number of aromatic nitrogens is 2. The van der Waals surface area contributed by atoms with Crippen molar-refractivity contribution in [3.8, 4) is 0 Å². The molecule has 0 saturated carbocycles. The Bertz CT molecular complexity index is 629. The third-order valence-electron chi connectivity index (χ3n) is 3.11. The van der Waals surface area contributed by atoms with Gasteiger partial charge in [0.05, 0.1) is 11.7 Å². The molecule has 110 valence electrons. The van der Waals surface area contributed by atoms with Crippen molar-refractivity contribution >= 4 is 17.4 Å². The number of benzene rings is 1. The first-order chi connectivity index (χ1) is 9.88. The minimum Gasteiger partial charge on any atom is -0.179 e. The molecule has 0 radical (unpaired) electrons. The Morgan fingerprint density at radius 2 is 1.76 bits per heavy atom. The molecular formula is C16H19ClN4. The van der Waals surface area contributed by atoms with Crippen LogP contribution in [0.2, 0.25) is 5.02 Å². The van der Waals surface area contributed by atoms with E-state index < -0.39 is 0 Å². The van der Waals surface area contributed by atoms with E-state index in [0.717, 1.165) is 11.3 Å². The highest BCUT2D eigenvalue weighted by molar-refractivity contribution is 6.31. The zero-order valence-corrected chi connectivity index (χ0v) is 13.5. The summed E-state index contributed by atoms with van der Waals surface area (Å²) >= 11 is 6.14. The van der Waals surface area contributed by atoms with Crippen LogP contribution >= 0.6 is 11.6 Å². The summed E-state index contributed by atoms with van der Waals surface area (Å²) in [5.41, 5.74) is 1.86. The second-order valence-electron chi connectivity index (χ2n) is 5.94. The van der Waals surface area contributed by atoms with Crippen molar-refractivity contribution in [2.45, 2.75) is 39.2 Å². The number of hydrogen-bond acceptors (Lipinski definition) is 4. The molecule has 1 unspecified atom stereocenters. The quantitative estimate of drug-likeness (QED) is 0.725. The number of azo groups is 1. The van der Waals surface area contributed by atoms with E-state index >= 15 is 0 Å². The zero-order valence-electron chi connectivity index (χ0n) is 12.7.